The molecule has 5 nitrogen and oxygen atoms in total. The van der Waals surface area contributed by atoms with Gasteiger partial charge in [-0.05, 0) is 36.4 Å². The molecule has 0 bridgehead atoms. The number of fused-ring (bicyclic) bond motifs is 2. The topological polar surface area (TPSA) is 77.0 Å². The first-order valence-electron chi connectivity index (χ1n) is 8.17. The quantitative estimate of drug-likeness (QED) is 0.523. The number of pyridine rings is 2. The summed E-state index contributed by atoms with van der Waals surface area (Å²) >= 11 is 0. The lowest BCUT2D eigenvalue weighted by Gasteiger charge is -2.11. The Labute approximate surface area is 151 Å². The van der Waals surface area contributed by atoms with E-state index in [9.17, 15) is 13.9 Å². The maximum atomic E-state index is 14.6. The molecule has 7 heteroatoms. The van der Waals surface area contributed by atoms with Gasteiger partial charge in [0.1, 0.15) is 5.82 Å². The van der Waals surface area contributed by atoms with Crippen LogP contribution in [0, 0.1) is 11.8 Å². The molecule has 0 radical (unpaired) electrons. The average molecular weight is 362 g/mol. The summed E-state index contributed by atoms with van der Waals surface area (Å²) in [4.78, 5) is 8.09. The second-order valence-corrected chi connectivity index (χ2v) is 6.22. The highest BCUT2D eigenvalue weighted by Gasteiger charge is 2.22. The molecule has 0 spiro atoms. The Bertz CT molecular complexity index is 1320. The molecule has 3 N–H and O–H groups in total. The number of nitrogen functional groups attached to an aromatic ring is 1. The van der Waals surface area contributed by atoms with Crippen LogP contribution in [0.4, 0.5) is 14.5 Å². The molecule has 1 aromatic carbocycles. The molecule has 4 aromatic rings. The van der Waals surface area contributed by atoms with E-state index in [2.05, 4.69) is 9.97 Å². The van der Waals surface area contributed by atoms with E-state index in [1.54, 1.807) is 10.8 Å². The van der Waals surface area contributed by atoms with Crippen molar-refractivity contribution in [3.8, 4) is 17.0 Å². The molecule has 0 saturated heterocycles. The van der Waals surface area contributed by atoms with Crippen LogP contribution >= 0.6 is 0 Å². The summed E-state index contributed by atoms with van der Waals surface area (Å²) in [6, 6.07) is 5.65. The fourth-order valence-corrected chi connectivity index (χ4v) is 3.35. The summed E-state index contributed by atoms with van der Waals surface area (Å²) in [5, 5.41) is 11.4. The van der Waals surface area contributed by atoms with Crippen LogP contribution in [0.1, 0.15) is 0 Å². The SMILES string of the molecule is Nc1c2ccc(F)c(-c3cccnc3F)c2nc2cn(C3=CC=C3)c(O)c12. The van der Waals surface area contributed by atoms with Crippen molar-refractivity contribution < 1.29 is 13.9 Å². The second kappa shape index (κ2) is 5.38. The van der Waals surface area contributed by atoms with Crippen LogP contribution in [-0.4, -0.2) is 19.6 Å². The molecular weight excluding hydrogens is 350 g/mol. The van der Waals surface area contributed by atoms with Gasteiger partial charge in [-0.25, -0.2) is 14.4 Å². The minimum Gasteiger partial charge on any atom is -0.494 e. The standard InChI is InChI=1S/C20H12F2N4O/c21-13-7-6-12-17(23)16-14(9-26(20(16)27)10-3-1-4-10)25-18(12)15(13)11-5-2-8-24-19(11)22/h1-9,27H,23H2. The first-order valence-corrected chi connectivity index (χ1v) is 8.17. The summed E-state index contributed by atoms with van der Waals surface area (Å²) in [5.41, 5.74) is 7.89. The molecule has 5 rings (SSSR count). The number of hydrogen-bond donors (Lipinski definition) is 2. The maximum Gasteiger partial charge on any atom is 0.220 e. The number of hydrogen-bond acceptors (Lipinski definition) is 4. The van der Waals surface area contributed by atoms with E-state index in [-0.39, 0.29) is 28.2 Å². The minimum atomic E-state index is -0.797. The van der Waals surface area contributed by atoms with Crippen molar-refractivity contribution in [3.63, 3.8) is 0 Å². The van der Waals surface area contributed by atoms with E-state index in [0.717, 1.165) is 5.70 Å². The lowest BCUT2D eigenvalue weighted by molar-refractivity contribution is 0.450. The highest BCUT2D eigenvalue weighted by atomic mass is 19.1. The predicted octanol–water partition coefficient (Wildman–Crippen LogP) is 4.23. The molecule has 1 aliphatic rings. The number of benzene rings is 1. The molecule has 3 aromatic heterocycles. The van der Waals surface area contributed by atoms with Crippen LogP contribution < -0.4 is 5.73 Å². The molecular formula is C20H12F2N4O. The third kappa shape index (κ3) is 2.08. The highest BCUT2D eigenvalue weighted by Crippen LogP contribution is 2.41. The number of rotatable bonds is 2. The fraction of sp³-hybridized carbons (Fsp3) is 0. The van der Waals surface area contributed by atoms with Crippen LogP contribution in [-0.2, 0) is 0 Å². The lowest BCUT2D eigenvalue weighted by atomic mass is 10.0. The van der Waals surface area contributed by atoms with Crippen molar-refractivity contribution in [2.24, 2.45) is 0 Å². The molecule has 0 atom stereocenters. The molecule has 3 heterocycles. The molecule has 132 valence electrons. The number of halogens is 2. The number of anilines is 1. The maximum absolute atomic E-state index is 14.6. The zero-order chi connectivity index (χ0) is 18.7. The minimum absolute atomic E-state index is 0.000129. The summed E-state index contributed by atoms with van der Waals surface area (Å²) in [5.74, 6) is -1.48. The van der Waals surface area contributed by atoms with E-state index in [4.69, 9.17) is 5.73 Å². The molecule has 0 amide bonds. The third-order valence-electron chi connectivity index (χ3n) is 4.72. The number of nitrogens with two attached hydrogens (primary N) is 1. The number of aromatic nitrogens is 3. The normalized spacial score (nSPS) is 13.2. The van der Waals surface area contributed by atoms with Gasteiger partial charge in [0.05, 0.1) is 22.1 Å². The van der Waals surface area contributed by atoms with Gasteiger partial charge in [0, 0.05) is 34.6 Å². The Kier molecular flexibility index (Phi) is 3.09. The molecule has 0 saturated carbocycles. The number of aromatic hydroxyl groups is 1. The fourth-order valence-electron chi connectivity index (χ4n) is 3.35. The number of nitrogens with zero attached hydrogens (tertiary/aromatic N) is 3. The van der Waals surface area contributed by atoms with E-state index < -0.39 is 11.8 Å². The van der Waals surface area contributed by atoms with Crippen molar-refractivity contribution in [2.75, 3.05) is 5.73 Å². The van der Waals surface area contributed by atoms with Gasteiger partial charge in [0.15, 0.2) is 0 Å². The van der Waals surface area contributed by atoms with Crippen LogP contribution in [0.25, 0.3) is 38.6 Å². The van der Waals surface area contributed by atoms with Crippen molar-refractivity contribution >= 4 is 33.2 Å². The Balaban J connectivity index is 1.90. The van der Waals surface area contributed by atoms with Gasteiger partial charge >= 0.3 is 0 Å². The zero-order valence-electron chi connectivity index (χ0n) is 13.8. The van der Waals surface area contributed by atoms with Crippen LogP contribution in [0.15, 0.2) is 54.9 Å². The Morgan fingerprint density at radius 3 is 2.67 bits per heavy atom. The molecule has 0 fully saturated rings. The van der Waals surface area contributed by atoms with Crippen LogP contribution in [0.3, 0.4) is 0 Å². The smallest absolute Gasteiger partial charge is 0.220 e. The van der Waals surface area contributed by atoms with Gasteiger partial charge in [-0.3, -0.25) is 4.57 Å². The summed E-state index contributed by atoms with van der Waals surface area (Å²) in [6.07, 6.45) is 8.39. The third-order valence-corrected chi connectivity index (χ3v) is 4.72. The van der Waals surface area contributed by atoms with Gasteiger partial charge in [-0.15, -0.1) is 0 Å². The van der Waals surface area contributed by atoms with E-state index in [1.165, 1.54) is 30.5 Å². The van der Waals surface area contributed by atoms with Crippen LogP contribution in [0.5, 0.6) is 5.88 Å². The van der Waals surface area contributed by atoms with Crippen molar-refractivity contribution in [2.45, 2.75) is 0 Å². The molecule has 0 unspecified atom stereocenters. The predicted molar refractivity (Wildman–Crippen MR) is 99.9 cm³/mol. The lowest BCUT2D eigenvalue weighted by Crippen LogP contribution is -1.97. The molecule has 1 aliphatic carbocycles. The van der Waals surface area contributed by atoms with Crippen molar-refractivity contribution in [1.82, 2.24) is 14.5 Å². The van der Waals surface area contributed by atoms with E-state index >= 15 is 0 Å². The van der Waals surface area contributed by atoms with E-state index in [1.807, 2.05) is 18.2 Å². The van der Waals surface area contributed by atoms with Gasteiger partial charge in [-0.2, -0.15) is 4.39 Å². The van der Waals surface area contributed by atoms with Crippen molar-refractivity contribution in [3.05, 3.63) is 66.7 Å². The molecule has 0 aliphatic heterocycles. The van der Waals surface area contributed by atoms with E-state index in [0.29, 0.717) is 16.3 Å². The summed E-state index contributed by atoms with van der Waals surface area (Å²) < 4.78 is 30.4. The van der Waals surface area contributed by atoms with Gasteiger partial charge in [0.2, 0.25) is 11.8 Å². The van der Waals surface area contributed by atoms with Gasteiger partial charge < -0.3 is 10.8 Å². The van der Waals surface area contributed by atoms with Gasteiger partial charge in [-0.1, -0.05) is 6.08 Å². The molecule has 27 heavy (non-hydrogen) atoms. The monoisotopic (exact) mass is 362 g/mol. The Hall–Kier alpha value is -3.74. The summed E-state index contributed by atoms with van der Waals surface area (Å²) in [6.45, 7) is 0. The highest BCUT2D eigenvalue weighted by molar-refractivity contribution is 6.12. The second-order valence-electron chi connectivity index (χ2n) is 6.22. The first-order chi connectivity index (χ1) is 13.1. The number of allylic oxidation sites excluding steroid dienone is 4. The average Bonchev–Trinajstić information content (AvgIpc) is 2.91. The zero-order valence-corrected chi connectivity index (χ0v) is 13.8. The largest absolute Gasteiger partial charge is 0.494 e. The summed E-state index contributed by atoms with van der Waals surface area (Å²) in [7, 11) is 0. The van der Waals surface area contributed by atoms with Crippen molar-refractivity contribution in [1.29, 1.82) is 0 Å². The Morgan fingerprint density at radius 2 is 1.96 bits per heavy atom. The van der Waals surface area contributed by atoms with Gasteiger partial charge in [0.25, 0.3) is 0 Å². The first kappa shape index (κ1) is 15.5. The van der Waals surface area contributed by atoms with Crippen LogP contribution in [0.2, 0.25) is 0 Å². The Morgan fingerprint density at radius 1 is 1.15 bits per heavy atom.